The number of urea groups is 1. The van der Waals surface area contributed by atoms with Gasteiger partial charge in [-0.3, -0.25) is 4.79 Å². The molecule has 5 nitrogen and oxygen atoms in total. The van der Waals surface area contributed by atoms with Crippen LogP contribution in [0.4, 0.5) is 4.79 Å². The van der Waals surface area contributed by atoms with Crippen LogP contribution in [0.5, 0.6) is 0 Å². The van der Waals surface area contributed by atoms with Crippen molar-refractivity contribution in [3.63, 3.8) is 0 Å². The summed E-state index contributed by atoms with van der Waals surface area (Å²) < 4.78 is 0. The van der Waals surface area contributed by atoms with Crippen molar-refractivity contribution in [1.82, 2.24) is 9.80 Å². The predicted molar refractivity (Wildman–Crippen MR) is 64.8 cm³/mol. The van der Waals surface area contributed by atoms with Gasteiger partial charge < -0.3 is 14.9 Å². The second-order valence-electron chi connectivity index (χ2n) is 4.79. The average molecular weight is 242 g/mol. The van der Waals surface area contributed by atoms with E-state index in [1.807, 2.05) is 13.8 Å². The number of carboxylic acids is 1. The van der Waals surface area contributed by atoms with Gasteiger partial charge in [-0.15, -0.1) is 0 Å². The molecular formula is C12H22N2O3. The lowest BCUT2D eigenvalue weighted by atomic mass is 10.2. The maximum atomic E-state index is 12.1. The number of amides is 2. The molecule has 0 saturated heterocycles. The fourth-order valence-corrected chi connectivity index (χ4v) is 1.97. The molecule has 1 rings (SSSR count). The number of carboxylic acid groups (broad SMARTS) is 1. The summed E-state index contributed by atoms with van der Waals surface area (Å²) in [6, 6.07) is 0.0318. The number of rotatable bonds is 6. The molecule has 0 spiro atoms. The van der Waals surface area contributed by atoms with E-state index < -0.39 is 5.97 Å². The van der Waals surface area contributed by atoms with Gasteiger partial charge in [-0.2, -0.15) is 0 Å². The molecule has 0 aromatic carbocycles. The third kappa shape index (κ3) is 3.91. The predicted octanol–water partition coefficient (Wildman–Crippen LogP) is 1.63. The third-order valence-electron chi connectivity index (χ3n) is 3.31. The fraction of sp³-hybridized carbons (Fsp3) is 0.833. The SMILES string of the molecule is CCCN(CC(=O)O)C(=O)N(C)C(C)C1CC1. The van der Waals surface area contributed by atoms with E-state index in [1.54, 1.807) is 11.9 Å². The number of nitrogens with zero attached hydrogens (tertiary/aromatic N) is 2. The normalized spacial score (nSPS) is 16.4. The largest absolute Gasteiger partial charge is 0.480 e. The van der Waals surface area contributed by atoms with E-state index in [2.05, 4.69) is 0 Å². The van der Waals surface area contributed by atoms with Gasteiger partial charge in [0.15, 0.2) is 0 Å². The van der Waals surface area contributed by atoms with Gasteiger partial charge in [-0.1, -0.05) is 6.92 Å². The minimum atomic E-state index is -0.959. The van der Waals surface area contributed by atoms with Gasteiger partial charge in [0.2, 0.25) is 0 Å². The Morgan fingerprint density at radius 2 is 2.00 bits per heavy atom. The molecular weight excluding hydrogens is 220 g/mol. The van der Waals surface area contributed by atoms with Crippen molar-refractivity contribution in [1.29, 1.82) is 0 Å². The van der Waals surface area contributed by atoms with Crippen molar-refractivity contribution in [2.24, 2.45) is 5.92 Å². The molecule has 0 aromatic heterocycles. The summed E-state index contributed by atoms with van der Waals surface area (Å²) in [7, 11) is 1.76. The molecule has 98 valence electrons. The van der Waals surface area contributed by atoms with Crippen LogP contribution in [-0.4, -0.2) is 53.1 Å². The van der Waals surface area contributed by atoms with Crippen LogP contribution in [0.2, 0.25) is 0 Å². The first-order chi connectivity index (χ1) is 7.97. The first kappa shape index (κ1) is 13.8. The van der Waals surface area contributed by atoms with Crippen molar-refractivity contribution < 1.29 is 14.7 Å². The molecule has 1 aliphatic rings. The second-order valence-corrected chi connectivity index (χ2v) is 4.79. The Balaban J connectivity index is 2.58. The topological polar surface area (TPSA) is 60.9 Å². The summed E-state index contributed by atoms with van der Waals surface area (Å²) in [5, 5.41) is 8.79. The number of carbonyl (C=O) groups excluding carboxylic acids is 1. The lowest BCUT2D eigenvalue weighted by Gasteiger charge is -2.31. The standard InChI is InChI=1S/C12H22N2O3/c1-4-7-14(8-11(15)16)12(17)13(3)9(2)10-5-6-10/h9-10H,4-8H2,1-3H3,(H,15,16). The van der Waals surface area contributed by atoms with Crippen molar-refractivity contribution in [3.8, 4) is 0 Å². The smallest absolute Gasteiger partial charge is 0.323 e. The molecule has 1 saturated carbocycles. The Labute approximate surface area is 102 Å². The molecule has 0 aromatic rings. The van der Waals surface area contributed by atoms with Crippen molar-refractivity contribution in [3.05, 3.63) is 0 Å². The fourth-order valence-electron chi connectivity index (χ4n) is 1.97. The summed E-state index contributed by atoms with van der Waals surface area (Å²) >= 11 is 0. The lowest BCUT2D eigenvalue weighted by molar-refractivity contribution is -0.137. The van der Waals surface area contributed by atoms with Crippen LogP contribution in [0, 0.1) is 5.92 Å². The Kier molecular flexibility index (Phi) is 4.78. The Morgan fingerprint density at radius 1 is 1.41 bits per heavy atom. The summed E-state index contributed by atoms with van der Waals surface area (Å²) in [5.74, 6) is -0.364. The highest BCUT2D eigenvalue weighted by atomic mass is 16.4. The number of hydrogen-bond acceptors (Lipinski definition) is 2. The molecule has 1 unspecified atom stereocenters. The average Bonchev–Trinajstić information content (AvgIpc) is 3.08. The van der Waals surface area contributed by atoms with E-state index in [9.17, 15) is 9.59 Å². The van der Waals surface area contributed by atoms with E-state index in [4.69, 9.17) is 5.11 Å². The maximum Gasteiger partial charge on any atom is 0.323 e. The summed E-state index contributed by atoms with van der Waals surface area (Å²) in [4.78, 5) is 25.9. The second kappa shape index (κ2) is 5.89. The molecule has 1 atom stereocenters. The van der Waals surface area contributed by atoms with Gasteiger partial charge in [0.05, 0.1) is 0 Å². The third-order valence-corrected chi connectivity index (χ3v) is 3.31. The molecule has 0 radical (unpaired) electrons. The molecule has 1 aliphatic carbocycles. The van der Waals surface area contributed by atoms with Gasteiger partial charge in [0.1, 0.15) is 6.54 Å². The molecule has 2 amide bonds. The minimum absolute atomic E-state index is 0.173. The Hall–Kier alpha value is -1.26. The number of aliphatic carboxylic acids is 1. The van der Waals surface area contributed by atoms with Gasteiger partial charge in [0.25, 0.3) is 0 Å². The lowest BCUT2D eigenvalue weighted by Crippen LogP contribution is -2.47. The molecule has 1 fully saturated rings. The van der Waals surface area contributed by atoms with E-state index in [0.717, 1.165) is 6.42 Å². The van der Waals surface area contributed by atoms with Gasteiger partial charge in [-0.05, 0) is 32.1 Å². The summed E-state index contributed by atoms with van der Waals surface area (Å²) in [6.45, 7) is 4.24. The van der Waals surface area contributed by atoms with Crippen LogP contribution >= 0.6 is 0 Å². The highest BCUT2D eigenvalue weighted by molar-refractivity contribution is 5.80. The monoisotopic (exact) mass is 242 g/mol. The van der Waals surface area contributed by atoms with Gasteiger partial charge in [0, 0.05) is 19.6 Å². The molecule has 17 heavy (non-hydrogen) atoms. The minimum Gasteiger partial charge on any atom is -0.480 e. The van der Waals surface area contributed by atoms with Crippen LogP contribution in [0.1, 0.15) is 33.1 Å². The van der Waals surface area contributed by atoms with Crippen LogP contribution in [0.3, 0.4) is 0 Å². The van der Waals surface area contributed by atoms with E-state index >= 15 is 0 Å². The Bertz CT molecular complexity index is 289. The first-order valence-corrected chi connectivity index (χ1v) is 6.20. The van der Waals surface area contributed by atoms with Crippen molar-refractivity contribution >= 4 is 12.0 Å². The van der Waals surface area contributed by atoms with Crippen molar-refractivity contribution in [2.45, 2.75) is 39.2 Å². The number of hydrogen-bond donors (Lipinski definition) is 1. The van der Waals surface area contributed by atoms with Crippen molar-refractivity contribution in [2.75, 3.05) is 20.1 Å². The van der Waals surface area contributed by atoms with E-state index in [-0.39, 0.29) is 18.6 Å². The molecule has 0 aliphatic heterocycles. The zero-order valence-corrected chi connectivity index (χ0v) is 10.8. The molecule has 1 N–H and O–H groups in total. The van der Waals surface area contributed by atoms with Gasteiger partial charge in [-0.25, -0.2) is 4.79 Å². The van der Waals surface area contributed by atoms with E-state index in [1.165, 1.54) is 17.7 Å². The molecule has 0 heterocycles. The quantitative estimate of drug-likeness (QED) is 0.770. The Morgan fingerprint density at radius 3 is 2.41 bits per heavy atom. The highest BCUT2D eigenvalue weighted by Crippen LogP contribution is 2.34. The maximum absolute atomic E-state index is 12.1. The zero-order valence-electron chi connectivity index (χ0n) is 10.8. The highest BCUT2D eigenvalue weighted by Gasteiger charge is 2.34. The van der Waals surface area contributed by atoms with Crippen LogP contribution in [0.15, 0.2) is 0 Å². The van der Waals surface area contributed by atoms with Crippen LogP contribution in [0.25, 0.3) is 0 Å². The van der Waals surface area contributed by atoms with E-state index in [0.29, 0.717) is 12.5 Å². The molecule has 0 bridgehead atoms. The summed E-state index contributed by atoms with van der Waals surface area (Å²) in [5.41, 5.74) is 0. The molecule has 5 heteroatoms. The van der Waals surface area contributed by atoms with Crippen LogP contribution in [-0.2, 0) is 4.79 Å². The van der Waals surface area contributed by atoms with Gasteiger partial charge >= 0.3 is 12.0 Å². The first-order valence-electron chi connectivity index (χ1n) is 6.20. The van der Waals surface area contributed by atoms with Crippen LogP contribution < -0.4 is 0 Å². The number of carbonyl (C=O) groups is 2. The summed E-state index contributed by atoms with van der Waals surface area (Å²) in [6.07, 6.45) is 3.11. The zero-order chi connectivity index (χ0) is 13.0.